The first-order valence-electron chi connectivity index (χ1n) is 3.54. The molecule has 2 aromatic heterocycles. The summed E-state index contributed by atoms with van der Waals surface area (Å²) in [6, 6.07) is 8.10. The molecular formula is C11H10S2. The van der Waals surface area contributed by atoms with Crippen molar-refractivity contribution in [3.8, 4) is 11.8 Å². The van der Waals surface area contributed by atoms with E-state index < -0.39 is 0 Å². The summed E-state index contributed by atoms with van der Waals surface area (Å²) < 4.78 is 0. The first-order chi connectivity index (χ1) is 5.95. The smallest absolute Gasteiger partial charge is 0.0772 e. The Hall–Kier alpha value is -1.04. The van der Waals surface area contributed by atoms with Crippen LogP contribution in [0.5, 0.6) is 0 Å². The van der Waals surface area contributed by atoms with Gasteiger partial charge >= 0.3 is 0 Å². The number of hydrogen-bond acceptors (Lipinski definition) is 2. The number of rotatable bonds is 0. The highest BCUT2D eigenvalue weighted by Gasteiger charge is 1.86. The van der Waals surface area contributed by atoms with Crippen molar-refractivity contribution in [2.24, 2.45) is 0 Å². The highest BCUT2D eigenvalue weighted by molar-refractivity contribution is 7.11. The van der Waals surface area contributed by atoms with E-state index in [1.165, 1.54) is 0 Å². The summed E-state index contributed by atoms with van der Waals surface area (Å²) >= 11 is 3.35. The summed E-state index contributed by atoms with van der Waals surface area (Å²) in [5.41, 5.74) is 0. The van der Waals surface area contributed by atoms with Gasteiger partial charge in [0.15, 0.2) is 0 Å². The van der Waals surface area contributed by atoms with Gasteiger partial charge < -0.3 is 0 Å². The predicted molar refractivity (Wildman–Crippen MR) is 61.3 cm³/mol. The van der Waals surface area contributed by atoms with E-state index in [9.17, 15) is 0 Å². The Bertz CT molecular complexity index is 347. The molecule has 0 N–H and O–H groups in total. The lowest BCUT2D eigenvalue weighted by atomic mass is 10.4. The van der Waals surface area contributed by atoms with Crippen LogP contribution in [0.2, 0.25) is 0 Å². The van der Waals surface area contributed by atoms with Crippen molar-refractivity contribution >= 4 is 22.7 Å². The molecule has 0 spiro atoms. The Morgan fingerprint density at radius 3 is 1.62 bits per heavy atom. The Balaban J connectivity index is 0.000000845. The van der Waals surface area contributed by atoms with Gasteiger partial charge in [-0.15, -0.1) is 22.7 Å². The lowest BCUT2D eigenvalue weighted by Gasteiger charge is -1.76. The molecule has 13 heavy (non-hydrogen) atoms. The highest BCUT2D eigenvalue weighted by atomic mass is 32.1. The van der Waals surface area contributed by atoms with Crippen LogP contribution < -0.4 is 0 Å². The van der Waals surface area contributed by atoms with Gasteiger partial charge in [0.25, 0.3) is 0 Å². The van der Waals surface area contributed by atoms with Crippen LogP contribution in [0.15, 0.2) is 35.0 Å². The third-order valence-electron chi connectivity index (χ3n) is 1.35. The Labute approximate surface area is 86.9 Å². The first kappa shape index (κ1) is 10.0. The summed E-state index contributed by atoms with van der Waals surface area (Å²) in [5, 5.41) is 4.08. The lowest BCUT2D eigenvalue weighted by Crippen LogP contribution is -1.61. The molecule has 0 aliphatic carbocycles. The average Bonchev–Trinajstić information content (AvgIpc) is 2.74. The van der Waals surface area contributed by atoms with Gasteiger partial charge in [0.2, 0.25) is 0 Å². The third-order valence-corrected chi connectivity index (χ3v) is 2.92. The zero-order valence-electron chi connectivity index (χ0n) is 6.28. The van der Waals surface area contributed by atoms with Crippen LogP contribution in [0.1, 0.15) is 17.2 Å². The SMILES string of the molecule is C.C(#Cc1cccs1)c1cccs1. The van der Waals surface area contributed by atoms with Crippen LogP contribution in [0.25, 0.3) is 0 Å². The normalized spacial score (nSPS) is 8.31. The fraction of sp³-hybridized carbons (Fsp3) is 0.0909. The molecule has 0 fully saturated rings. The maximum absolute atomic E-state index is 3.11. The van der Waals surface area contributed by atoms with Crippen LogP contribution in [0.4, 0.5) is 0 Å². The highest BCUT2D eigenvalue weighted by Crippen LogP contribution is 2.09. The molecule has 0 saturated carbocycles. The quantitative estimate of drug-likeness (QED) is 0.574. The van der Waals surface area contributed by atoms with E-state index >= 15 is 0 Å². The second-order valence-electron chi connectivity index (χ2n) is 2.20. The van der Waals surface area contributed by atoms with Crippen LogP contribution in [0, 0.1) is 11.8 Å². The molecule has 2 heteroatoms. The molecule has 2 heterocycles. The second kappa shape index (κ2) is 4.86. The van der Waals surface area contributed by atoms with Gasteiger partial charge in [0.05, 0.1) is 9.75 Å². The molecular weight excluding hydrogens is 196 g/mol. The lowest BCUT2D eigenvalue weighted by molar-refractivity contribution is 1.90. The second-order valence-corrected chi connectivity index (χ2v) is 4.10. The van der Waals surface area contributed by atoms with Crippen LogP contribution in [0.3, 0.4) is 0 Å². The van der Waals surface area contributed by atoms with E-state index in [2.05, 4.69) is 11.8 Å². The molecule has 2 aromatic rings. The predicted octanol–water partition coefficient (Wildman–Crippen LogP) is 3.85. The molecule has 0 nitrogen and oxygen atoms in total. The van der Waals surface area contributed by atoms with E-state index in [0.717, 1.165) is 9.75 Å². The van der Waals surface area contributed by atoms with Crippen molar-refractivity contribution in [1.29, 1.82) is 0 Å². The molecule has 0 unspecified atom stereocenters. The minimum absolute atomic E-state index is 0. The van der Waals surface area contributed by atoms with Gasteiger partial charge in [-0.1, -0.05) is 19.6 Å². The van der Waals surface area contributed by atoms with Crippen LogP contribution in [-0.2, 0) is 0 Å². The summed E-state index contributed by atoms with van der Waals surface area (Å²) in [4.78, 5) is 2.26. The summed E-state index contributed by atoms with van der Waals surface area (Å²) in [6.07, 6.45) is 0. The number of thiophene rings is 2. The molecule has 0 saturated heterocycles. The van der Waals surface area contributed by atoms with E-state index in [-0.39, 0.29) is 7.43 Å². The van der Waals surface area contributed by atoms with E-state index in [1.807, 2.05) is 35.0 Å². The van der Waals surface area contributed by atoms with Crippen molar-refractivity contribution in [2.75, 3.05) is 0 Å². The molecule has 0 aromatic carbocycles. The summed E-state index contributed by atoms with van der Waals surface area (Å²) in [5.74, 6) is 6.21. The molecule has 0 amide bonds. The summed E-state index contributed by atoms with van der Waals surface area (Å²) in [6.45, 7) is 0. The van der Waals surface area contributed by atoms with E-state index in [4.69, 9.17) is 0 Å². The van der Waals surface area contributed by atoms with Gasteiger partial charge in [-0.2, -0.15) is 0 Å². The molecule has 0 radical (unpaired) electrons. The van der Waals surface area contributed by atoms with Crippen molar-refractivity contribution in [1.82, 2.24) is 0 Å². The molecule has 0 bridgehead atoms. The van der Waals surface area contributed by atoms with Crippen molar-refractivity contribution in [3.63, 3.8) is 0 Å². The van der Waals surface area contributed by atoms with Crippen molar-refractivity contribution in [2.45, 2.75) is 7.43 Å². The van der Waals surface area contributed by atoms with Crippen LogP contribution >= 0.6 is 22.7 Å². The van der Waals surface area contributed by atoms with Gasteiger partial charge in [0.1, 0.15) is 0 Å². The number of hydrogen-bond donors (Lipinski definition) is 0. The minimum Gasteiger partial charge on any atom is -0.135 e. The van der Waals surface area contributed by atoms with Gasteiger partial charge in [-0.25, -0.2) is 0 Å². The third kappa shape index (κ3) is 2.73. The Morgan fingerprint density at radius 1 is 0.846 bits per heavy atom. The van der Waals surface area contributed by atoms with Crippen molar-refractivity contribution < 1.29 is 0 Å². The topological polar surface area (TPSA) is 0 Å². The molecule has 66 valence electrons. The van der Waals surface area contributed by atoms with Gasteiger partial charge in [-0.3, -0.25) is 0 Å². The zero-order valence-corrected chi connectivity index (χ0v) is 7.91. The van der Waals surface area contributed by atoms with Crippen molar-refractivity contribution in [3.05, 3.63) is 44.8 Å². The largest absolute Gasteiger partial charge is 0.135 e. The zero-order chi connectivity index (χ0) is 8.23. The Morgan fingerprint density at radius 2 is 1.31 bits per heavy atom. The fourth-order valence-corrected chi connectivity index (χ4v) is 1.96. The Kier molecular flexibility index (Phi) is 3.75. The first-order valence-corrected chi connectivity index (χ1v) is 5.30. The molecule has 2 rings (SSSR count). The maximum Gasteiger partial charge on any atom is 0.0772 e. The molecule has 0 aliphatic rings. The molecule has 0 aliphatic heterocycles. The maximum atomic E-state index is 3.11. The van der Waals surface area contributed by atoms with E-state index in [0.29, 0.717) is 0 Å². The van der Waals surface area contributed by atoms with Crippen LogP contribution in [-0.4, -0.2) is 0 Å². The fourth-order valence-electron chi connectivity index (χ4n) is 0.823. The monoisotopic (exact) mass is 206 g/mol. The summed E-state index contributed by atoms with van der Waals surface area (Å²) in [7, 11) is 0. The average molecular weight is 206 g/mol. The molecule has 0 atom stereocenters. The van der Waals surface area contributed by atoms with Gasteiger partial charge in [0, 0.05) is 0 Å². The van der Waals surface area contributed by atoms with E-state index in [1.54, 1.807) is 22.7 Å². The standard InChI is InChI=1S/C10H6S2.CH4/c1-3-9(11-7-1)5-6-10-4-2-8-12-10;/h1-4,7-8H;1H4. The minimum atomic E-state index is 0. The van der Waals surface area contributed by atoms with Gasteiger partial charge in [-0.05, 0) is 34.7 Å².